The van der Waals surface area contributed by atoms with Crippen LogP contribution < -0.4 is 0 Å². The van der Waals surface area contributed by atoms with Crippen LogP contribution in [0.15, 0.2) is 24.3 Å². The third kappa shape index (κ3) is 2.66. The fourth-order valence-electron chi connectivity index (χ4n) is 2.92. The SMILES string of the molecule is C=C1C(=O)CCC(=C)C(O)[C@H]2OC(=O)[C@@H](C)C2[C@@H](O)C1O. The number of aliphatic hydroxyl groups is 3. The molecule has 3 N–H and O–H groups in total. The van der Waals surface area contributed by atoms with Crippen LogP contribution in [0.1, 0.15) is 19.8 Å². The molecule has 2 fully saturated rings. The van der Waals surface area contributed by atoms with E-state index in [1.165, 1.54) is 0 Å². The highest BCUT2D eigenvalue weighted by atomic mass is 16.6. The molecular weight excluding hydrogens is 276 g/mol. The molecule has 6 nitrogen and oxygen atoms in total. The lowest BCUT2D eigenvalue weighted by molar-refractivity contribution is -0.147. The smallest absolute Gasteiger partial charge is 0.309 e. The second-order valence-electron chi connectivity index (χ2n) is 5.75. The first-order valence-electron chi connectivity index (χ1n) is 6.90. The van der Waals surface area contributed by atoms with Crippen LogP contribution in [0.5, 0.6) is 0 Å². The van der Waals surface area contributed by atoms with Gasteiger partial charge in [0.15, 0.2) is 5.78 Å². The number of carbonyl (C=O) groups excluding carboxylic acids is 2. The van der Waals surface area contributed by atoms with E-state index in [-0.39, 0.29) is 18.4 Å². The van der Waals surface area contributed by atoms with Gasteiger partial charge in [0.05, 0.1) is 12.0 Å². The third-order valence-corrected chi connectivity index (χ3v) is 4.42. The lowest BCUT2D eigenvalue weighted by atomic mass is 9.77. The second kappa shape index (κ2) is 5.71. The maximum absolute atomic E-state index is 11.9. The first-order chi connectivity index (χ1) is 9.75. The normalized spacial score (nSPS) is 41.7. The molecule has 0 aromatic rings. The molecule has 1 saturated carbocycles. The number of esters is 1. The van der Waals surface area contributed by atoms with Crippen LogP contribution in [0.25, 0.3) is 0 Å². The number of hydrogen-bond acceptors (Lipinski definition) is 6. The molecule has 6 atom stereocenters. The molecule has 1 saturated heterocycles. The van der Waals surface area contributed by atoms with E-state index >= 15 is 0 Å². The van der Waals surface area contributed by atoms with Gasteiger partial charge >= 0.3 is 5.97 Å². The Bertz CT molecular complexity index is 496. The fraction of sp³-hybridized carbons (Fsp3) is 0.600. The molecule has 6 heteroatoms. The maximum atomic E-state index is 11.9. The summed E-state index contributed by atoms with van der Waals surface area (Å²) in [6.45, 7) is 8.79. The summed E-state index contributed by atoms with van der Waals surface area (Å²) in [6, 6.07) is 0. The first-order valence-corrected chi connectivity index (χ1v) is 6.90. The van der Waals surface area contributed by atoms with Crippen molar-refractivity contribution in [3.8, 4) is 0 Å². The Balaban J connectivity index is 2.41. The van der Waals surface area contributed by atoms with E-state index in [0.717, 1.165) is 0 Å². The predicted octanol–water partition coefficient (Wildman–Crippen LogP) is -0.278. The molecule has 1 aliphatic heterocycles. The van der Waals surface area contributed by atoms with Crippen molar-refractivity contribution in [1.29, 1.82) is 0 Å². The average Bonchev–Trinajstić information content (AvgIpc) is 2.76. The van der Waals surface area contributed by atoms with Gasteiger partial charge in [0.1, 0.15) is 18.3 Å². The maximum Gasteiger partial charge on any atom is 0.309 e. The third-order valence-electron chi connectivity index (χ3n) is 4.42. The number of fused-ring (bicyclic) bond motifs is 1. The van der Waals surface area contributed by atoms with Crippen molar-refractivity contribution in [2.24, 2.45) is 11.8 Å². The average molecular weight is 296 g/mol. The molecule has 2 aliphatic rings. The molecule has 116 valence electrons. The van der Waals surface area contributed by atoms with Crippen LogP contribution in [0.4, 0.5) is 0 Å². The topological polar surface area (TPSA) is 104 Å². The summed E-state index contributed by atoms with van der Waals surface area (Å²) in [7, 11) is 0. The summed E-state index contributed by atoms with van der Waals surface area (Å²) in [5.74, 6) is -2.49. The number of ether oxygens (including phenoxy) is 1. The Morgan fingerprint density at radius 2 is 1.71 bits per heavy atom. The highest BCUT2D eigenvalue weighted by Gasteiger charge is 2.51. The van der Waals surface area contributed by atoms with Crippen molar-refractivity contribution in [2.75, 3.05) is 0 Å². The fourth-order valence-corrected chi connectivity index (χ4v) is 2.92. The number of carbonyl (C=O) groups is 2. The van der Waals surface area contributed by atoms with Crippen LogP contribution in [0.3, 0.4) is 0 Å². The van der Waals surface area contributed by atoms with Gasteiger partial charge in [0.25, 0.3) is 0 Å². The second-order valence-corrected chi connectivity index (χ2v) is 5.75. The number of ketones is 1. The van der Waals surface area contributed by atoms with E-state index in [4.69, 9.17) is 4.74 Å². The zero-order valence-electron chi connectivity index (χ0n) is 11.9. The quantitative estimate of drug-likeness (QED) is 0.323. The van der Waals surface area contributed by atoms with E-state index in [9.17, 15) is 24.9 Å². The van der Waals surface area contributed by atoms with Crippen molar-refractivity contribution in [3.63, 3.8) is 0 Å². The van der Waals surface area contributed by atoms with Crippen molar-refractivity contribution < 1.29 is 29.6 Å². The van der Waals surface area contributed by atoms with Gasteiger partial charge in [0, 0.05) is 17.9 Å². The van der Waals surface area contributed by atoms with Crippen molar-refractivity contribution in [2.45, 2.75) is 44.2 Å². The first kappa shape index (κ1) is 15.9. The minimum atomic E-state index is -1.49. The molecular formula is C15H20O6. The van der Waals surface area contributed by atoms with Gasteiger partial charge in [-0.1, -0.05) is 20.1 Å². The van der Waals surface area contributed by atoms with Gasteiger partial charge < -0.3 is 20.1 Å². The highest BCUT2D eigenvalue weighted by Crippen LogP contribution is 2.37. The number of rotatable bonds is 0. The summed E-state index contributed by atoms with van der Waals surface area (Å²) in [6.07, 6.45) is -4.83. The highest BCUT2D eigenvalue weighted by molar-refractivity contribution is 5.96. The lowest BCUT2D eigenvalue weighted by Crippen LogP contribution is -2.47. The zero-order chi connectivity index (χ0) is 15.9. The standard InChI is InChI=1S/C15H20O6/c1-6-4-5-9(16)7(2)12(18)13(19)10-8(3)15(20)21-14(10)11(6)17/h8,10-14,17-19H,1-2,4-5H2,3H3/t8-,10?,11?,12?,13+,14-/m0/s1. The van der Waals surface area contributed by atoms with Crippen LogP contribution in [-0.4, -0.2) is 51.5 Å². The van der Waals surface area contributed by atoms with E-state index in [1.54, 1.807) is 6.92 Å². The molecule has 1 heterocycles. The van der Waals surface area contributed by atoms with Gasteiger partial charge in [-0.2, -0.15) is 0 Å². The Morgan fingerprint density at radius 3 is 2.33 bits per heavy atom. The monoisotopic (exact) mass is 296 g/mol. The van der Waals surface area contributed by atoms with Crippen LogP contribution in [-0.2, 0) is 14.3 Å². The van der Waals surface area contributed by atoms with Gasteiger partial charge in [-0.25, -0.2) is 0 Å². The number of hydrogen-bond donors (Lipinski definition) is 3. The molecule has 0 aromatic carbocycles. The summed E-state index contributed by atoms with van der Waals surface area (Å²) >= 11 is 0. The summed E-state index contributed by atoms with van der Waals surface area (Å²) in [4.78, 5) is 23.6. The summed E-state index contributed by atoms with van der Waals surface area (Å²) in [5, 5.41) is 30.7. The van der Waals surface area contributed by atoms with Gasteiger partial charge in [-0.15, -0.1) is 0 Å². The largest absolute Gasteiger partial charge is 0.459 e. The van der Waals surface area contributed by atoms with Crippen LogP contribution in [0, 0.1) is 11.8 Å². The Kier molecular flexibility index (Phi) is 4.32. The molecule has 0 bridgehead atoms. The lowest BCUT2D eigenvalue weighted by Gasteiger charge is -2.32. The summed E-state index contributed by atoms with van der Waals surface area (Å²) < 4.78 is 5.14. The van der Waals surface area contributed by atoms with Gasteiger partial charge in [-0.3, -0.25) is 9.59 Å². The van der Waals surface area contributed by atoms with Crippen molar-refractivity contribution in [3.05, 3.63) is 24.3 Å². The molecule has 0 radical (unpaired) electrons. The van der Waals surface area contributed by atoms with E-state index in [2.05, 4.69) is 13.2 Å². The Hall–Kier alpha value is -1.50. The van der Waals surface area contributed by atoms with Gasteiger partial charge in [-0.05, 0) is 12.0 Å². The predicted molar refractivity (Wildman–Crippen MR) is 73.1 cm³/mol. The Morgan fingerprint density at radius 1 is 1.10 bits per heavy atom. The number of Topliss-reactive ketones (excluding diaryl/α,β-unsaturated/α-hetero) is 1. The van der Waals surface area contributed by atoms with Crippen molar-refractivity contribution in [1.82, 2.24) is 0 Å². The molecule has 0 aromatic heterocycles. The van der Waals surface area contributed by atoms with Crippen molar-refractivity contribution >= 4 is 11.8 Å². The number of aliphatic hydroxyl groups excluding tert-OH is 3. The molecule has 0 spiro atoms. The van der Waals surface area contributed by atoms with Crippen LogP contribution in [0.2, 0.25) is 0 Å². The van der Waals surface area contributed by atoms with Gasteiger partial charge in [0.2, 0.25) is 0 Å². The zero-order valence-corrected chi connectivity index (χ0v) is 11.9. The molecule has 0 amide bonds. The van der Waals surface area contributed by atoms with E-state index in [1.807, 2.05) is 0 Å². The minimum Gasteiger partial charge on any atom is -0.459 e. The summed E-state index contributed by atoms with van der Waals surface area (Å²) in [5.41, 5.74) is 0.258. The Labute approximate surface area is 122 Å². The molecule has 3 unspecified atom stereocenters. The molecule has 2 rings (SSSR count). The van der Waals surface area contributed by atoms with Crippen LogP contribution >= 0.6 is 0 Å². The molecule has 1 aliphatic carbocycles. The molecule has 21 heavy (non-hydrogen) atoms. The van der Waals surface area contributed by atoms with E-state index in [0.29, 0.717) is 5.57 Å². The van der Waals surface area contributed by atoms with E-state index < -0.39 is 48.0 Å². The minimum absolute atomic E-state index is 0.0272.